The summed E-state index contributed by atoms with van der Waals surface area (Å²) in [5.41, 5.74) is -3.36. The van der Waals surface area contributed by atoms with Gasteiger partial charge in [-0.2, -0.15) is 16.8 Å². The number of para-hydroxylation sites is 1. The van der Waals surface area contributed by atoms with Gasteiger partial charge < -0.3 is 14.8 Å². The Hall–Kier alpha value is -5.42. The van der Waals surface area contributed by atoms with E-state index in [1.54, 1.807) is 18.2 Å². The van der Waals surface area contributed by atoms with Crippen molar-refractivity contribution in [1.29, 1.82) is 0 Å². The average Bonchev–Trinajstić information content (AvgIpc) is 3.41. The highest BCUT2D eigenvalue weighted by molar-refractivity contribution is 7.86. The standard InChI is InChI=1S/C22H17N7O13S2/c1-41-17-8-13(27(31)32)19(43(35,36)37)10-15(17)29(25-21(24-26-29)22(30)23-12-6-4-3-5-7-12)16-11-20(44(38,39)40)14(28(33)34)9-18(16)42-2/h3-11H,1-2H3,(H2-,23,30,35,36,37,38,39,40)/p+1. The highest BCUT2D eigenvalue weighted by atomic mass is 32.2. The Morgan fingerprint density at radius 3 is 1.68 bits per heavy atom. The minimum Gasteiger partial charge on any atom is -0.490 e. The van der Waals surface area contributed by atoms with E-state index in [0.29, 0.717) is 24.3 Å². The number of carbonyl (C=O) groups is 1. The molecule has 0 fully saturated rings. The van der Waals surface area contributed by atoms with Crippen LogP contribution in [0.2, 0.25) is 0 Å². The summed E-state index contributed by atoms with van der Waals surface area (Å²) < 4.78 is 77.2. The van der Waals surface area contributed by atoms with E-state index >= 15 is 0 Å². The van der Waals surface area contributed by atoms with Gasteiger partial charge in [0.2, 0.25) is 11.4 Å². The van der Waals surface area contributed by atoms with Crippen LogP contribution in [0, 0.1) is 20.2 Å². The highest BCUT2D eigenvalue weighted by Crippen LogP contribution is 2.52. The number of hydrogen-bond donors (Lipinski definition) is 3. The van der Waals surface area contributed by atoms with Crippen molar-refractivity contribution in [3.63, 3.8) is 0 Å². The third kappa shape index (κ3) is 5.77. The highest BCUT2D eigenvalue weighted by Gasteiger charge is 2.50. The molecule has 0 radical (unpaired) electrons. The Balaban J connectivity index is 2.15. The summed E-state index contributed by atoms with van der Waals surface area (Å²) >= 11 is 0. The van der Waals surface area contributed by atoms with Crippen molar-refractivity contribution in [1.82, 2.24) is 4.70 Å². The summed E-state index contributed by atoms with van der Waals surface area (Å²) in [6.07, 6.45) is 0. The number of amidine groups is 1. The molecule has 3 aromatic rings. The number of nitrogens with zero attached hydrogens (tertiary/aromatic N) is 6. The number of carbonyl (C=O) groups excluding carboxylic acids is 1. The van der Waals surface area contributed by atoms with Gasteiger partial charge in [-0.3, -0.25) is 34.1 Å². The molecule has 1 heterocycles. The van der Waals surface area contributed by atoms with Gasteiger partial charge in [-0.05, 0) is 17.2 Å². The van der Waals surface area contributed by atoms with Gasteiger partial charge in [-0.1, -0.05) is 23.3 Å². The lowest BCUT2D eigenvalue weighted by Gasteiger charge is -2.24. The van der Waals surface area contributed by atoms with Crippen LogP contribution in [0.15, 0.2) is 79.8 Å². The monoisotopic (exact) mass is 652 g/mol. The number of benzene rings is 3. The molecule has 0 aromatic heterocycles. The summed E-state index contributed by atoms with van der Waals surface area (Å²) in [6, 6.07) is 9.94. The smallest absolute Gasteiger partial charge is 0.302 e. The summed E-state index contributed by atoms with van der Waals surface area (Å²) in [7, 11) is -8.75. The summed E-state index contributed by atoms with van der Waals surface area (Å²) in [6.45, 7) is 0. The predicted octanol–water partition coefficient (Wildman–Crippen LogP) is 2.99. The fourth-order valence-corrected chi connectivity index (χ4v) is 5.32. The molecule has 1 amide bonds. The largest absolute Gasteiger partial charge is 0.490 e. The van der Waals surface area contributed by atoms with E-state index < -0.39 is 90.6 Å². The minimum absolute atomic E-state index is 0.267. The molecule has 0 atom stereocenters. The Morgan fingerprint density at radius 1 is 0.841 bits per heavy atom. The molecule has 0 saturated carbocycles. The van der Waals surface area contributed by atoms with E-state index in [0.717, 1.165) is 14.2 Å². The zero-order valence-corrected chi connectivity index (χ0v) is 23.7. The number of hydrogen-bond acceptors (Lipinski definition) is 14. The van der Waals surface area contributed by atoms with Gasteiger partial charge in [0.15, 0.2) is 21.3 Å². The molecule has 3 aromatic carbocycles. The molecule has 0 bridgehead atoms. The molecule has 22 heteroatoms. The molecular weight excluding hydrogens is 634 g/mol. The van der Waals surface area contributed by atoms with Gasteiger partial charge in [-0.25, -0.2) is 0 Å². The number of anilines is 1. The minimum atomic E-state index is -5.36. The van der Waals surface area contributed by atoms with Gasteiger partial charge in [-0.15, -0.1) is 0 Å². The van der Waals surface area contributed by atoms with Crippen molar-refractivity contribution in [3.8, 4) is 11.5 Å². The number of ether oxygens (including phenoxy) is 2. The number of methoxy groups -OCH3 is 2. The zero-order chi connectivity index (χ0) is 32.6. The van der Waals surface area contributed by atoms with E-state index in [-0.39, 0.29) is 5.69 Å². The number of quaternary nitrogens is 1. The van der Waals surface area contributed by atoms with Gasteiger partial charge in [0.25, 0.3) is 11.4 Å². The van der Waals surface area contributed by atoms with Crippen molar-refractivity contribution in [2.24, 2.45) is 15.4 Å². The van der Waals surface area contributed by atoms with Crippen LogP contribution in [-0.4, -0.2) is 61.8 Å². The lowest BCUT2D eigenvalue weighted by Crippen LogP contribution is -2.33. The van der Waals surface area contributed by atoms with Crippen LogP contribution in [0.3, 0.4) is 0 Å². The normalized spacial score (nSPS) is 14.0. The van der Waals surface area contributed by atoms with Gasteiger partial charge >= 0.3 is 32.0 Å². The lowest BCUT2D eigenvalue weighted by molar-refractivity contribution is -0.388. The number of rotatable bonds is 10. The van der Waals surface area contributed by atoms with Crippen molar-refractivity contribution in [2.75, 3.05) is 19.5 Å². The van der Waals surface area contributed by atoms with Crippen LogP contribution >= 0.6 is 0 Å². The first-order valence-corrected chi connectivity index (χ1v) is 14.4. The van der Waals surface area contributed by atoms with Gasteiger partial charge in [0.1, 0.15) is 0 Å². The van der Waals surface area contributed by atoms with E-state index in [1.807, 2.05) is 0 Å². The van der Waals surface area contributed by atoms with E-state index in [9.17, 15) is 51.0 Å². The summed E-state index contributed by atoms with van der Waals surface area (Å²) in [5, 5.41) is 37.5. The lowest BCUT2D eigenvalue weighted by atomic mass is 10.2. The fourth-order valence-electron chi connectivity index (χ4n) is 4.01. The molecule has 4 rings (SSSR count). The Bertz CT molecular complexity index is 1900. The van der Waals surface area contributed by atoms with Crippen molar-refractivity contribution < 1.29 is 50.1 Å². The SMILES string of the molecule is COc1cc([N+](=O)[O-])c(S(=O)(=O)O)cc1[N+]1(c2cc(S(=O)(=O)O)c([N+](=O)[O-])cc2OC)N=NC(C(=O)Nc2ccccc2)=N1. The third-order valence-electron chi connectivity index (χ3n) is 5.89. The average molecular weight is 653 g/mol. The molecule has 0 aliphatic carbocycles. The van der Waals surface area contributed by atoms with Gasteiger partial charge in [0.05, 0.1) is 41.4 Å². The second-order valence-electron chi connectivity index (χ2n) is 8.48. The first-order valence-electron chi connectivity index (χ1n) is 11.5. The molecule has 3 N–H and O–H groups in total. The molecule has 1 aliphatic rings. The molecular formula is C22H18N7O13S2+. The third-order valence-corrected chi connectivity index (χ3v) is 7.65. The molecule has 1 aliphatic heterocycles. The first-order chi connectivity index (χ1) is 20.5. The molecule has 0 saturated heterocycles. The molecule has 20 nitrogen and oxygen atoms in total. The number of nitrogens with one attached hydrogen (secondary N) is 1. The number of nitro groups is 2. The van der Waals surface area contributed by atoms with Crippen LogP contribution in [0.5, 0.6) is 11.5 Å². The van der Waals surface area contributed by atoms with Gasteiger partial charge in [0, 0.05) is 22.5 Å². The van der Waals surface area contributed by atoms with Crippen LogP contribution in [0.1, 0.15) is 0 Å². The first kappa shape index (κ1) is 31.5. The molecule has 0 unspecified atom stereocenters. The van der Waals surface area contributed by atoms with E-state index in [1.165, 1.54) is 12.1 Å². The maximum absolute atomic E-state index is 13.1. The maximum Gasteiger partial charge on any atom is 0.302 e. The Kier molecular flexibility index (Phi) is 8.12. The van der Waals surface area contributed by atoms with E-state index in [2.05, 4.69) is 20.8 Å². The summed E-state index contributed by atoms with van der Waals surface area (Å²) in [4.78, 5) is 31.5. The summed E-state index contributed by atoms with van der Waals surface area (Å²) in [5.74, 6) is -2.88. The van der Waals surface area contributed by atoms with E-state index in [4.69, 9.17) is 9.47 Å². The fraction of sp³-hybridized carbons (Fsp3) is 0.0909. The van der Waals surface area contributed by atoms with Crippen molar-refractivity contribution >= 4 is 60.4 Å². The van der Waals surface area contributed by atoms with Crippen LogP contribution in [0.25, 0.3) is 0 Å². The molecule has 0 spiro atoms. The quantitative estimate of drug-likeness (QED) is 0.123. The Labute approximate surface area is 246 Å². The number of amides is 1. The zero-order valence-electron chi connectivity index (χ0n) is 22.1. The topological polar surface area (TPSA) is 280 Å². The van der Waals surface area contributed by atoms with Crippen molar-refractivity contribution in [2.45, 2.75) is 9.79 Å². The second kappa shape index (κ2) is 11.3. The maximum atomic E-state index is 13.1. The number of nitro benzene ring substituents is 2. The Morgan fingerprint density at radius 2 is 1.30 bits per heavy atom. The van der Waals surface area contributed by atoms with Crippen LogP contribution in [-0.2, 0) is 25.0 Å². The van der Waals surface area contributed by atoms with Crippen LogP contribution in [0.4, 0.5) is 28.4 Å². The van der Waals surface area contributed by atoms with Crippen LogP contribution < -0.4 is 19.5 Å². The molecule has 44 heavy (non-hydrogen) atoms. The second-order valence-corrected chi connectivity index (χ2v) is 11.3. The van der Waals surface area contributed by atoms with Crippen molar-refractivity contribution in [3.05, 3.63) is 74.8 Å². The predicted molar refractivity (Wildman–Crippen MR) is 148 cm³/mol. The molecule has 230 valence electrons.